The largest absolute Gasteiger partial charge is 0.462 e. The van der Waals surface area contributed by atoms with E-state index in [-0.39, 0.29) is 31.1 Å². The van der Waals surface area contributed by atoms with Gasteiger partial charge < -0.3 is 14.2 Å². The molecule has 69 heavy (non-hydrogen) atoms. The molecule has 0 bridgehead atoms. The normalized spacial score (nSPS) is 12.8. The highest BCUT2D eigenvalue weighted by atomic mass is 16.6. The molecule has 0 aliphatic rings. The summed E-state index contributed by atoms with van der Waals surface area (Å²) in [6, 6.07) is 0. The van der Waals surface area contributed by atoms with Gasteiger partial charge in [-0.2, -0.15) is 0 Å². The van der Waals surface area contributed by atoms with Crippen LogP contribution in [0.3, 0.4) is 0 Å². The number of carbonyl (C=O) groups is 3. The Morgan fingerprint density at radius 1 is 0.304 bits per heavy atom. The Morgan fingerprint density at radius 2 is 0.565 bits per heavy atom. The van der Waals surface area contributed by atoms with Crippen molar-refractivity contribution in [3.05, 3.63) is 97.2 Å². The van der Waals surface area contributed by atoms with Crippen molar-refractivity contribution < 1.29 is 28.6 Å². The molecule has 0 spiro atoms. The first-order valence-electron chi connectivity index (χ1n) is 28.7. The van der Waals surface area contributed by atoms with E-state index >= 15 is 0 Å². The molecule has 0 radical (unpaired) electrons. The maximum absolute atomic E-state index is 12.8. The van der Waals surface area contributed by atoms with Gasteiger partial charge in [0.2, 0.25) is 0 Å². The minimum Gasteiger partial charge on any atom is -0.462 e. The summed E-state index contributed by atoms with van der Waals surface area (Å²) in [5, 5.41) is 0. The molecule has 0 amide bonds. The molecule has 1 atom stereocenters. The number of esters is 3. The number of allylic oxidation sites excluding steroid dienone is 16. The van der Waals surface area contributed by atoms with Crippen LogP contribution in [0.2, 0.25) is 0 Å². The van der Waals surface area contributed by atoms with Gasteiger partial charge in [-0.15, -0.1) is 0 Å². The zero-order valence-corrected chi connectivity index (χ0v) is 45.0. The average Bonchev–Trinajstić information content (AvgIpc) is 3.35. The van der Waals surface area contributed by atoms with Gasteiger partial charge in [-0.3, -0.25) is 14.4 Å². The summed E-state index contributed by atoms with van der Waals surface area (Å²) in [5.74, 6) is -0.951. The lowest BCUT2D eigenvalue weighted by Gasteiger charge is -2.18. The van der Waals surface area contributed by atoms with Crippen LogP contribution in [0.15, 0.2) is 97.2 Å². The molecule has 0 aromatic rings. The quantitative estimate of drug-likeness (QED) is 0.0262. The fourth-order valence-electron chi connectivity index (χ4n) is 7.77. The molecule has 6 heteroatoms. The first-order chi connectivity index (χ1) is 34.0. The van der Waals surface area contributed by atoms with Gasteiger partial charge in [0.15, 0.2) is 6.10 Å². The highest BCUT2D eigenvalue weighted by molar-refractivity contribution is 5.71. The first kappa shape index (κ1) is 65.3. The standard InChI is InChI=1S/C63H106O6/c1-4-7-10-13-16-19-22-25-28-30-31-32-33-34-36-38-41-44-47-50-53-56-62(65)68-59-60(58-67-61(64)55-52-49-46-43-40-37-27-24-21-18-15-12-9-6-3)69-63(66)57-54-51-48-45-42-39-35-29-26-23-20-17-14-11-8-5-2/h7,10,16,19-20,23,25,28-29,31-32,34-36,41,44,60H,4-6,8-9,11-15,17-18,21-22,24,26-27,30,33,37-40,42-43,45-59H2,1-3H3/b10-7-,19-16-,23-20-,28-25-,32-31-,35-29-,36-34-,44-41-. The number of rotatable bonds is 51. The van der Waals surface area contributed by atoms with Gasteiger partial charge in [-0.1, -0.05) is 240 Å². The van der Waals surface area contributed by atoms with Crippen LogP contribution >= 0.6 is 0 Å². The molecule has 1 unspecified atom stereocenters. The van der Waals surface area contributed by atoms with Gasteiger partial charge in [0.1, 0.15) is 13.2 Å². The second-order valence-electron chi connectivity index (χ2n) is 18.8. The van der Waals surface area contributed by atoms with E-state index in [9.17, 15) is 14.4 Å². The van der Waals surface area contributed by atoms with Crippen molar-refractivity contribution in [3.63, 3.8) is 0 Å². The molecule has 0 aromatic heterocycles. The molecule has 0 aromatic carbocycles. The highest BCUT2D eigenvalue weighted by Crippen LogP contribution is 2.15. The minimum atomic E-state index is -0.802. The summed E-state index contributed by atoms with van der Waals surface area (Å²) in [7, 11) is 0. The lowest BCUT2D eigenvalue weighted by atomic mass is 10.0. The Bertz CT molecular complexity index is 1380. The molecule has 0 aliphatic carbocycles. The SMILES string of the molecule is CC/C=C\C/C=C\C/C=C\C/C=C\C/C=C\C/C=C\CCCCC(=O)OCC(COC(=O)CCCCCCCCCCCCCCCC)OC(=O)CCCCCCC/C=C\C/C=C\CCCCCC. The van der Waals surface area contributed by atoms with Crippen LogP contribution in [0.1, 0.15) is 265 Å². The second kappa shape index (κ2) is 56.9. The molecule has 0 aliphatic heterocycles. The van der Waals surface area contributed by atoms with Crippen LogP contribution in [0.25, 0.3) is 0 Å². The van der Waals surface area contributed by atoms with E-state index < -0.39 is 6.10 Å². The Labute approximate surface area is 426 Å². The molecule has 0 rings (SSSR count). The third-order valence-corrected chi connectivity index (χ3v) is 12.1. The van der Waals surface area contributed by atoms with Crippen LogP contribution in [0, 0.1) is 0 Å². The third kappa shape index (κ3) is 55.1. The van der Waals surface area contributed by atoms with Crippen molar-refractivity contribution in [3.8, 4) is 0 Å². The Morgan fingerprint density at radius 3 is 0.928 bits per heavy atom. The van der Waals surface area contributed by atoms with Crippen LogP contribution in [-0.4, -0.2) is 37.2 Å². The van der Waals surface area contributed by atoms with E-state index in [1.807, 2.05) is 0 Å². The van der Waals surface area contributed by atoms with E-state index in [1.165, 1.54) is 103 Å². The number of unbranched alkanes of at least 4 members (excludes halogenated alkanes) is 24. The number of carbonyl (C=O) groups excluding carboxylic acids is 3. The van der Waals surface area contributed by atoms with E-state index in [1.54, 1.807) is 0 Å². The predicted octanol–water partition coefficient (Wildman–Crippen LogP) is 19.3. The fraction of sp³-hybridized carbons (Fsp3) is 0.698. The molecule has 0 fully saturated rings. The molecule has 0 saturated carbocycles. The zero-order valence-electron chi connectivity index (χ0n) is 45.0. The van der Waals surface area contributed by atoms with Crippen LogP contribution < -0.4 is 0 Å². The van der Waals surface area contributed by atoms with Crippen molar-refractivity contribution in [2.75, 3.05) is 13.2 Å². The van der Waals surface area contributed by atoms with Gasteiger partial charge in [0.25, 0.3) is 0 Å². The maximum atomic E-state index is 12.8. The third-order valence-electron chi connectivity index (χ3n) is 12.1. The summed E-state index contributed by atoms with van der Waals surface area (Å²) in [5.41, 5.74) is 0. The summed E-state index contributed by atoms with van der Waals surface area (Å²) >= 11 is 0. The van der Waals surface area contributed by atoms with Gasteiger partial charge in [0, 0.05) is 19.3 Å². The number of hydrogen-bond donors (Lipinski definition) is 0. The van der Waals surface area contributed by atoms with Crippen LogP contribution in [0.5, 0.6) is 0 Å². The van der Waals surface area contributed by atoms with Crippen molar-refractivity contribution in [1.29, 1.82) is 0 Å². The summed E-state index contributed by atoms with van der Waals surface area (Å²) in [6.45, 7) is 6.47. The van der Waals surface area contributed by atoms with Gasteiger partial charge >= 0.3 is 17.9 Å². The molecule has 394 valence electrons. The maximum Gasteiger partial charge on any atom is 0.306 e. The zero-order chi connectivity index (χ0) is 50.0. The first-order valence-corrected chi connectivity index (χ1v) is 28.7. The number of hydrogen-bond acceptors (Lipinski definition) is 6. The van der Waals surface area contributed by atoms with Gasteiger partial charge in [0.05, 0.1) is 0 Å². The molecular weight excluding hydrogens is 853 g/mol. The molecule has 0 heterocycles. The Balaban J connectivity index is 4.48. The van der Waals surface area contributed by atoms with Crippen molar-refractivity contribution in [2.45, 2.75) is 271 Å². The summed E-state index contributed by atoms with van der Waals surface area (Å²) < 4.78 is 16.8. The lowest BCUT2D eigenvalue weighted by Crippen LogP contribution is -2.30. The van der Waals surface area contributed by atoms with Crippen LogP contribution in [0.4, 0.5) is 0 Å². The molecular formula is C63H106O6. The summed E-state index contributed by atoms with van der Waals surface area (Å²) in [6.07, 6.45) is 75.4. The number of ether oxygens (including phenoxy) is 3. The van der Waals surface area contributed by atoms with Gasteiger partial charge in [-0.25, -0.2) is 0 Å². The van der Waals surface area contributed by atoms with E-state index in [4.69, 9.17) is 14.2 Å². The Hall–Kier alpha value is -3.67. The van der Waals surface area contributed by atoms with Crippen molar-refractivity contribution in [2.24, 2.45) is 0 Å². The van der Waals surface area contributed by atoms with Crippen LogP contribution in [-0.2, 0) is 28.6 Å². The van der Waals surface area contributed by atoms with E-state index in [2.05, 4.69) is 118 Å². The average molecular weight is 960 g/mol. The fourth-order valence-corrected chi connectivity index (χ4v) is 7.77. The second-order valence-corrected chi connectivity index (χ2v) is 18.8. The van der Waals surface area contributed by atoms with Gasteiger partial charge in [-0.05, 0) is 103 Å². The minimum absolute atomic E-state index is 0.0958. The predicted molar refractivity (Wildman–Crippen MR) is 297 cm³/mol. The topological polar surface area (TPSA) is 78.9 Å². The van der Waals surface area contributed by atoms with E-state index in [0.717, 1.165) is 122 Å². The van der Waals surface area contributed by atoms with E-state index in [0.29, 0.717) is 19.3 Å². The molecule has 6 nitrogen and oxygen atoms in total. The Kier molecular flexibility index (Phi) is 53.9. The molecule has 0 N–H and O–H groups in total. The highest BCUT2D eigenvalue weighted by Gasteiger charge is 2.19. The van der Waals surface area contributed by atoms with Crippen molar-refractivity contribution >= 4 is 17.9 Å². The lowest BCUT2D eigenvalue weighted by molar-refractivity contribution is -0.167. The smallest absolute Gasteiger partial charge is 0.306 e. The van der Waals surface area contributed by atoms with Crippen molar-refractivity contribution in [1.82, 2.24) is 0 Å². The summed E-state index contributed by atoms with van der Waals surface area (Å²) in [4.78, 5) is 38.1. The molecule has 0 saturated heterocycles. The monoisotopic (exact) mass is 959 g/mol.